The quantitative estimate of drug-likeness (QED) is 0.493. The summed E-state index contributed by atoms with van der Waals surface area (Å²) in [5.41, 5.74) is 0.426. The largest absolute Gasteiger partial charge is 0.380 e. The van der Waals surface area contributed by atoms with Crippen LogP contribution in [0.3, 0.4) is 0 Å². The molecule has 2 saturated heterocycles. The molecule has 1 aromatic carbocycles. The van der Waals surface area contributed by atoms with Gasteiger partial charge in [0.05, 0.1) is 35.4 Å². The lowest BCUT2D eigenvalue weighted by atomic mass is 9.77. The van der Waals surface area contributed by atoms with Gasteiger partial charge in [-0.05, 0) is 44.7 Å². The number of nitriles is 1. The zero-order valence-electron chi connectivity index (χ0n) is 19.9. The Morgan fingerprint density at radius 3 is 2.46 bits per heavy atom. The third-order valence-electron chi connectivity index (χ3n) is 7.28. The van der Waals surface area contributed by atoms with Crippen molar-refractivity contribution in [2.75, 3.05) is 31.2 Å². The van der Waals surface area contributed by atoms with Gasteiger partial charge in [0.2, 0.25) is 10.0 Å². The lowest BCUT2D eigenvalue weighted by Crippen LogP contribution is -2.51. The first-order chi connectivity index (χ1) is 17.6. The number of nitrogens with zero attached hydrogens (tertiary/aromatic N) is 6. The van der Waals surface area contributed by atoms with E-state index in [2.05, 4.69) is 29.8 Å². The summed E-state index contributed by atoms with van der Waals surface area (Å²) >= 11 is 0.708. The molecule has 0 atom stereocenters. The first kappa shape index (κ1) is 24.5. The first-order valence-corrected chi connectivity index (χ1v) is 14.1. The number of fused-ring (bicyclic) bond motifs is 1. The molecule has 194 valence electrons. The zero-order chi connectivity index (χ0) is 26.0. The number of sulfonamides is 1. The summed E-state index contributed by atoms with van der Waals surface area (Å²) in [5.74, 6) is 0.397. The standard InChI is InChI=1S/C23H23F2N7O3S2/c1-13-27-17-15(18(28-13)20-29-30-21(36-20)19(24)25)8-14(37(33,34)31-23(10-26)2-3-23)9-16(17)32-6-4-22(5-7-32)11-35-12-22/h8-9,19,31H,2-7,11-12H2,1H3. The normalized spacial score (nSPS) is 20.2. The van der Waals surface area contributed by atoms with Crippen molar-refractivity contribution in [2.24, 2.45) is 5.41 Å². The van der Waals surface area contributed by atoms with Gasteiger partial charge in [0.1, 0.15) is 17.1 Å². The van der Waals surface area contributed by atoms with Gasteiger partial charge >= 0.3 is 0 Å². The molecule has 1 spiro atoms. The molecule has 6 rings (SSSR count). The monoisotopic (exact) mass is 547 g/mol. The third kappa shape index (κ3) is 4.33. The van der Waals surface area contributed by atoms with E-state index in [1.807, 2.05) is 6.07 Å². The van der Waals surface area contributed by atoms with E-state index in [4.69, 9.17) is 4.74 Å². The number of alkyl halides is 2. The summed E-state index contributed by atoms with van der Waals surface area (Å²) in [6, 6.07) is 5.05. The summed E-state index contributed by atoms with van der Waals surface area (Å²) in [6.45, 7) is 4.51. The number of hydrogen-bond acceptors (Lipinski definition) is 10. The number of aromatic nitrogens is 4. The molecule has 2 aliphatic heterocycles. The van der Waals surface area contributed by atoms with Crippen LogP contribution >= 0.6 is 11.3 Å². The van der Waals surface area contributed by atoms with Crippen LogP contribution in [0.1, 0.15) is 42.9 Å². The molecule has 1 N–H and O–H groups in total. The number of benzene rings is 1. The van der Waals surface area contributed by atoms with E-state index in [-0.39, 0.29) is 21.0 Å². The van der Waals surface area contributed by atoms with Crippen molar-refractivity contribution < 1.29 is 21.9 Å². The van der Waals surface area contributed by atoms with Gasteiger partial charge in [-0.3, -0.25) is 0 Å². The molecule has 3 aliphatic rings. The summed E-state index contributed by atoms with van der Waals surface area (Å²) < 4.78 is 61.3. The van der Waals surface area contributed by atoms with Crippen molar-refractivity contribution >= 4 is 38.0 Å². The molecule has 2 aromatic heterocycles. The van der Waals surface area contributed by atoms with Crippen molar-refractivity contribution in [1.82, 2.24) is 24.9 Å². The number of hydrogen-bond donors (Lipinski definition) is 1. The Morgan fingerprint density at radius 2 is 1.89 bits per heavy atom. The maximum absolute atomic E-state index is 13.4. The number of nitrogens with one attached hydrogen (secondary N) is 1. The fraction of sp³-hybridized carbons (Fsp3) is 0.522. The second kappa shape index (κ2) is 8.59. The Kier molecular flexibility index (Phi) is 5.68. The Hall–Kier alpha value is -2.86. The first-order valence-electron chi connectivity index (χ1n) is 11.8. The van der Waals surface area contributed by atoms with Gasteiger partial charge in [0, 0.05) is 23.9 Å². The average molecular weight is 548 g/mol. The van der Waals surface area contributed by atoms with Crippen LogP contribution < -0.4 is 9.62 Å². The van der Waals surface area contributed by atoms with Gasteiger partial charge in [-0.2, -0.15) is 9.98 Å². The molecule has 10 nitrogen and oxygen atoms in total. The van der Waals surface area contributed by atoms with E-state index in [1.54, 1.807) is 13.0 Å². The van der Waals surface area contributed by atoms with E-state index in [1.165, 1.54) is 6.07 Å². The highest BCUT2D eigenvalue weighted by Crippen LogP contribution is 2.43. The Labute approximate surface area is 215 Å². The molecule has 3 fully saturated rings. The van der Waals surface area contributed by atoms with Crippen LogP contribution in [0.15, 0.2) is 17.0 Å². The molecule has 0 bridgehead atoms. The second-order valence-corrected chi connectivity index (χ2v) is 12.7. The second-order valence-electron chi connectivity index (χ2n) is 9.98. The van der Waals surface area contributed by atoms with Gasteiger partial charge in [0.15, 0.2) is 10.0 Å². The van der Waals surface area contributed by atoms with Crippen molar-refractivity contribution in [3.63, 3.8) is 0 Å². The van der Waals surface area contributed by atoms with E-state index in [0.717, 1.165) is 26.1 Å². The fourth-order valence-corrected chi connectivity index (χ4v) is 6.98. The number of aryl methyl sites for hydroxylation is 1. The number of rotatable bonds is 6. The molecule has 1 saturated carbocycles. The van der Waals surface area contributed by atoms with E-state index in [9.17, 15) is 22.5 Å². The lowest BCUT2D eigenvalue weighted by Gasteiger charge is -2.48. The zero-order valence-corrected chi connectivity index (χ0v) is 21.5. The minimum atomic E-state index is -4.08. The van der Waals surface area contributed by atoms with Crippen LogP contribution in [0.25, 0.3) is 21.6 Å². The van der Waals surface area contributed by atoms with Crippen LogP contribution in [0.4, 0.5) is 14.5 Å². The number of ether oxygens (including phenoxy) is 1. The number of piperidine rings is 1. The van der Waals surface area contributed by atoms with Crippen LogP contribution in [-0.2, 0) is 14.8 Å². The summed E-state index contributed by atoms with van der Waals surface area (Å²) in [5, 5.41) is 17.0. The lowest BCUT2D eigenvalue weighted by molar-refractivity contribution is -0.124. The smallest absolute Gasteiger partial charge is 0.291 e. The van der Waals surface area contributed by atoms with E-state index >= 15 is 0 Å². The highest BCUT2D eigenvalue weighted by Gasteiger charge is 2.47. The van der Waals surface area contributed by atoms with Gasteiger partial charge in [-0.15, -0.1) is 10.2 Å². The summed E-state index contributed by atoms with van der Waals surface area (Å²) in [4.78, 5) is 11.1. The number of anilines is 1. The van der Waals surface area contributed by atoms with E-state index < -0.39 is 27.0 Å². The molecule has 1 aliphatic carbocycles. The van der Waals surface area contributed by atoms with Crippen molar-refractivity contribution in [3.05, 3.63) is 23.0 Å². The van der Waals surface area contributed by atoms with Gasteiger partial charge in [-0.1, -0.05) is 11.3 Å². The highest BCUT2D eigenvalue weighted by atomic mass is 32.2. The predicted octanol–water partition coefficient (Wildman–Crippen LogP) is 3.35. The Morgan fingerprint density at radius 1 is 1.16 bits per heavy atom. The maximum atomic E-state index is 13.4. The third-order valence-corrected chi connectivity index (χ3v) is 9.73. The van der Waals surface area contributed by atoms with Crippen LogP contribution in [0.5, 0.6) is 0 Å². The van der Waals surface area contributed by atoms with Crippen molar-refractivity contribution in [1.29, 1.82) is 5.26 Å². The molecule has 0 unspecified atom stereocenters. The molecule has 37 heavy (non-hydrogen) atoms. The van der Waals surface area contributed by atoms with Crippen LogP contribution in [-0.4, -0.2) is 60.4 Å². The molecule has 0 amide bonds. The minimum absolute atomic E-state index is 0.0453. The molecular formula is C23H23F2N7O3S2. The van der Waals surface area contributed by atoms with Gasteiger partial charge < -0.3 is 9.64 Å². The molecule has 14 heteroatoms. The molecular weight excluding hydrogens is 524 g/mol. The summed E-state index contributed by atoms with van der Waals surface area (Å²) in [6.07, 6.45) is -0.117. The van der Waals surface area contributed by atoms with Gasteiger partial charge in [-0.25, -0.2) is 27.2 Å². The molecule has 3 aromatic rings. The van der Waals surface area contributed by atoms with Gasteiger partial charge in [0.25, 0.3) is 6.43 Å². The highest BCUT2D eigenvalue weighted by molar-refractivity contribution is 7.89. The van der Waals surface area contributed by atoms with E-state index in [0.29, 0.717) is 59.7 Å². The minimum Gasteiger partial charge on any atom is -0.380 e. The fourth-order valence-electron chi connectivity index (χ4n) is 4.86. The summed E-state index contributed by atoms with van der Waals surface area (Å²) in [7, 11) is -4.08. The topological polar surface area (TPSA) is 134 Å². The average Bonchev–Trinajstić information content (AvgIpc) is 3.43. The number of halogens is 2. The molecule has 4 heterocycles. The predicted molar refractivity (Wildman–Crippen MR) is 131 cm³/mol. The van der Waals surface area contributed by atoms with Crippen molar-refractivity contribution in [3.8, 4) is 16.8 Å². The SMILES string of the molecule is Cc1nc(-c2nnc(C(F)F)s2)c2cc(S(=O)(=O)NC3(C#N)CC3)cc(N3CCC4(CC3)COC4)c2n1. The maximum Gasteiger partial charge on any atom is 0.291 e. The van der Waals surface area contributed by atoms with Crippen molar-refractivity contribution in [2.45, 2.75) is 49.5 Å². The van der Waals surface area contributed by atoms with Crippen LogP contribution in [0.2, 0.25) is 0 Å². The Balaban J connectivity index is 1.51. The van der Waals surface area contributed by atoms with Crippen LogP contribution in [0, 0.1) is 23.7 Å². The molecule has 0 radical (unpaired) electrons. The Bertz CT molecular complexity index is 1540.